The maximum absolute atomic E-state index is 12.5. The van der Waals surface area contributed by atoms with Crippen LogP contribution in [0.3, 0.4) is 0 Å². The van der Waals surface area contributed by atoms with Crippen molar-refractivity contribution >= 4 is 45.4 Å². The second kappa shape index (κ2) is 7.05. The molecule has 1 aromatic heterocycles. The van der Waals surface area contributed by atoms with E-state index in [1.807, 2.05) is 0 Å². The first-order valence-corrected chi connectivity index (χ1v) is 8.04. The van der Waals surface area contributed by atoms with Crippen molar-refractivity contribution in [3.63, 3.8) is 0 Å². The largest absolute Gasteiger partial charge is 0.443 e. The molecule has 0 spiro atoms. The van der Waals surface area contributed by atoms with Crippen molar-refractivity contribution < 1.29 is 19.1 Å². The van der Waals surface area contributed by atoms with E-state index in [0.717, 1.165) is 4.90 Å². The van der Waals surface area contributed by atoms with Crippen LogP contribution in [0.5, 0.6) is 0 Å². The van der Waals surface area contributed by atoms with Gasteiger partial charge in [0, 0.05) is 12.3 Å². The summed E-state index contributed by atoms with van der Waals surface area (Å²) in [4.78, 5) is 29.6. The average Bonchev–Trinajstić information content (AvgIpc) is 2.29. The zero-order valence-electron chi connectivity index (χ0n) is 13.9. The third kappa shape index (κ3) is 6.35. The van der Waals surface area contributed by atoms with Crippen LogP contribution in [0.4, 0.5) is 15.3 Å². The fourth-order valence-electron chi connectivity index (χ4n) is 1.46. The molecule has 0 saturated carbocycles. The van der Waals surface area contributed by atoms with Gasteiger partial charge in [-0.05, 0) is 57.5 Å². The zero-order valence-corrected chi connectivity index (χ0v) is 16.3. The van der Waals surface area contributed by atoms with E-state index in [1.54, 1.807) is 41.5 Å². The lowest BCUT2D eigenvalue weighted by atomic mass is 10.2. The van der Waals surface area contributed by atoms with Crippen LogP contribution in [0.25, 0.3) is 0 Å². The van der Waals surface area contributed by atoms with E-state index in [1.165, 1.54) is 12.3 Å². The Hall–Kier alpha value is -1.34. The summed E-state index contributed by atoms with van der Waals surface area (Å²) in [6.07, 6.45) is -0.344. The highest BCUT2D eigenvalue weighted by atomic mass is 79.9. The van der Waals surface area contributed by atoms with Gasteiger partial charge >= 0.3 is 12.2 Å². The lowest BCUT2D eigenvalue weighted by Crippen LogP contribution is -2.44. The van der Waals surface area contributed by atoms with Gasteiger partial charge in [0.15, 0.2) is 0 Å². The van der Waals surface area contributed by atoms with E-state index in [2.05, 4.69) is 20.9 Å². The number of anilines is 1. The predicted molar refractivity (Wildman–Crippen MR) is 91.9 cm³/mol. The number of hydrogen-bond acceptors (Lipinski definition) is 5. The van der Waals surface area contributed by atoms with Crippen molar-refractivity contribution in [2.75, 3.05) is 4.90 Å². The Kier molecular flexibility index (Phi) is 6.04. The predicted octanol–water partition coefficient (Wildman–Crippen LogP) is 5.17. The number of halogens is 2. The molecule has 0 bridgehead atoms. The van der Waals surface area contributed by atoms with E-state index in [0.29, 0.717) is 4.47 Å². The molecule has 1 aromatic rings. The van der Waals surface area contributed by atoms with Crippen molar-refractivity contribution in [2.24, 2.45) is 0 Å². The van der Waals surface area contributed by atoms with Gasteiger partial charge in [0.1, 0.15) is 16.4 Å². The number of nitrogens with zero attached hydrogens (tertiary/aromatic N) is 2. The van der Waals surface area contributed by atoms with Gasteiger partial charge in [0.25, 0.3) is 0 Å². The summed E-state index contributed by atoms with van der Waals surface area (Å²) in [6, 6.07) is 1.37. The van der Waals surface area contributed by atoms with Gasteiger partial charge in [-0.15, -0.1) is 0 Å². The Balaban J connectivity index is 3.28. The van der Waals surface area contributed by atoms with E-state index < -0.39 is 23.4 Å². The molecule has 0 N–H and O–H groups in total. The second-order valence-corrected chi connectivity index (χ2v) is 8.00. The van der Waals surface area contributed by atoms with Gasteiger partial charge in [0.05, 0.1) is 10.2 Å². The number of ether oxygens (including phenoxy) is 2. The Morgan fingerprint density at radius 2 is 1.52 bits per heavy atom. The Morgan fingerprint density at radius 3 is 1.91 bits per heavy atom. The molecule has 1 heterocycles. The number of pyridine rings is 1. The molecule has 0 aliphatic rings. The first-order valence-electron chi connectivity index (χ1n) is 6.87. The highest BCUT2D eigenvalue weighted by molar-refractivity contribution is 9.10. The fraction of sp³-hybridized carbons (Fsp3) is 0.533. The third-order valence-corrected chi connectivity index (χ3v) is 3.01. The maximum atomic E-state index is 12.5. The SMILES string of the molecule is CC(C)(C)OC(=O)N(C(=O)OC(C)(C)C)c1cc(Cl)ncc1Br. The molecule has 23 heavy (non-hydrogen) atoms. The minimum absolute atomic E-state index is 0.125. The van der Waals surface area contributed by atoms with E-state index >= 15 is 0 Å². The quantitative estimate of drug-likeness (QED) is 0.600. The number of carbonyl (C=O) groups is 2. The lowest BCUT2D eigenvalue weighted by molar-refractivity contribution is 0.0430. The minimum atomic E-state index is -0.866. The third-order valence-electron chi connectivity index (χ3n) is 2.19. The molecule has 0 aliphatic heterocycles. The Morgan fingerprint density at radius 1 is 1.09 bits per heavy atom. The van der Waals surface area contributed by atoms with Gasteiger partial charge in [-0.2, -0.15) is 4.90 Å². The highest BCUT2D eigenvalue weighted by Crippen LogP contribution is 2.30. The number of hydrogen-bond donors (Lipinski definition) is 0. The molecule has 0 aliphatic carbocycles. The summed E-state index contributed by atoms with van der Waals surface area (Å²) in [7, 11) is 0. The Bertz CT molecular complexity index is 580. The molecule has 8 heteroatoms. The van der Waals surface area contributed by atoms with Crippen LogP contribution in [-0.4, -0.2) is 28.4 Å². The number of carbonyl (C=O) groups excluding carboxylic acids is 2. The standard InChI is InChI=1S/C15H20BrClN2O4/c1-14(2,3)22-12(20)19(13(21)23-15(4,5)6)10-7-11(17)18-8-9(10)16/h7-8H,1-6H3. The summed E-state index contributed by atoms with van der Waals surface area (Å²) in [5.41, 5.74) is -1.37. The van der Waals surface area contributed by atoms with E-state index in [9.17, 15) is 9.59 Å². The fourth-order valence-corrected chi connectivity index (χ4v) is 2.01. The molecule has 0 unspecified atom stereocenters. The van der Waals surface area contributed by atoms with Crippen molar-refractivity contribution in [2.45, 2.75) is 52.7 Å². The first-order chi connectivity index (χ1) is 10.3. The van der Waals surface area contributed by atoms with Gasteiger partial charge in [0.2, 0.25) is 0 Å². The van der Waals surface area contributed by atoms with Crippen LogP contribution in [-0.2, 0) is 9.47 Å². The molecule has 0 fully saturated rings. The van der Waals surface area contributed by atoms with Crippen LogP contribution in [0.1, 0.15) is 41.5 Å². The first kappa shape index (κ1) is 19.7. The van der Waals surface area contributed by atoms with Gasteiger partial charge < -0.3 is 9.47 Å². The van der Waals surface area contributed by atoms with E-state index in [-0.39, 0.29) is 10.8 Å². The lowest BCUT2D eigenvalue weighted by Gasteiger charge is -2.29. The van der Waals surface area contributed by atoms with Crippen molar-refractivity contribution in [3.05, 3.63) is 21.9 Å². The molecule has 128 valence electrons. The summed E-state index contributed by atoms with van der Waals surface area (Å²) in [6.45, 7) is 10.2. The summed E-state index contributed by atoms with van der Waals surface area (Å²) in [5, 5.41) is 0.125. The average molecular weight is 408 g/mol. The Labute approximate surface area is 149 Å². The van der Waals surface area contributed by atoms with Crippen LogP contribution >= 0.6 is 27.5 Å². The molecule has 0 aromatic carbocycles. The summed E-state index contributed by atoms with van der Waals surface area (Å²) in [5.74, 6) is 0. The summed E-state index contributed by atoms with van der Waals surface area (Å²) >= 11 is 9.12. The van der Waals surface area contributed by atoms with Crippen LogP contribution < -0.4 is 4.90 Å². The molecule has 6 nitrogen and oxygen atoms in total. The number of amides is 2. The molecular formula is C15H20BrClN2O4. The maximum Gasteiger partial charge on any atom is 0.424 e. The topological polar surface area (TPSA) is 68.7 Å². The molecule has 2 amide bonds. The van der Waals surface area contributed by atoms with Crippen LogP contribution in [0, 0.1) is 0 Å². The highest BCUT2D eigenvalue weighted by Gasteiger charge is 2.34. The molecule has 0 saturated heterocycles. The normalized spacial score (nSPS) is 11.8. The van der Waals surface area contributed by atoms with Crippen LogP contribution in [0.2, 0.25) is 5.15 Å². The van der Waals surface area contributed by atoms with Crippen molar-refractivity contribution in [1.82, 2.24) is 4.98 Å². The van der Waals surface area contributed by atoms with Gasteiger partial charge in [-0.3, -0.25) is 0 Å². The number of rotatable bonds is 1. The minimum Gasteiger partial charge on any atom is -0.443 e. The van der Waals surface area contributed by atoms with Crippen molar-refractivity contribution in [1.29, 1.82) is 0 Å². The smallest absolute Gasteiger partial charge is 0.424 e. The number of imide groups is 1. The number of aromatic nitrogens is 1. The summed E-state index contributed by atoms with van der Waals surface area (Å²) < 4.78 is 11.0. The van der Waals surface area contributed by atoms with Crippen LogP contribution in [0.15, 0.2) is 16.7 Å². The molecule has 1 rings (SSSR count). The zero-order chi connectivity index (χ0) is 18.0. The molecule has 0 radical (unpaired) electrons. The molecule has 0 atom stereocenters. The molecular weight excluding hydrogens is 388 g/mol. The van der Waals surface area contributed by atoms with Crippen molar-refractivity contribution in [3.8, 4) is 0 Å². The van der Waals surface area contributed by atoms with E-state index in [4.69, 9.17) is 21.1 Å². The monoisotopic (exact) mass is 406 g/mol. The second-order valence-electron chi connectivity index (χ2n) is 6.75. The van der Waals surface area contributed by atoms with Gasteiger partial charge in [-0.25, -0.2) is 14.6 Å². The van der Waals surface area contributed by atoms with Gasteiger partial charge in [-0.1, -0.05) is 11.6 Å².